The van der Waals surface area contributed by atoms with Crippen molar-refractivity contribution in [3.8, 4) is 17.0 Å². The molecule has 9 heteroatoms. The summed E-state index contributed by atoms with van der Waals surface area (Å²) in [5.41, 5.74) is 9.54. The molecule has 0 saturated carbocycles. The average molecular weight is 584 g/mol. The van der Waals surface area contributed by atoms with Gasteiger partial charge in [-0.15, -0.1) is 0 Å². The molecule has 2 heterocycles. The van der Waals surface area contributed by atoms with Crippen LogP contribution in [0.2, 0.25) is 5.02 Å². The van der Waals surface area contributed by atoms with Crippen LogP contribution in [0.5, 0.6) is 5.75 Å². The van der Waals surface area contributed by atoms with Crippen molar-refractivity contribution in [1.82, 2.24) is 14.7 Å². The second-order valence-electron chi connectivity index (χ2n) is 9.16. The predicted molar refractivity (Wildman–Crippen MR) is 149 cm³/mol. The van der Waals surface area contributed by atoms with Crippen molar-refractivity contribution < 1.29 is 14.3 Å². The number of carbonyl (C=O) groups is 2. The zero-order valence-electron chi connectivity index (χ0n) is 20.6. The fourth-order valence-corrected chi connectivity index (χ4v) is 4.80. The molecule has 0 radical (unpaired) electrons. The van der Waals surface area contributed by atoms with Crippen LogP contribution in [0.15, 0.2) is 71.5 Å². The van der Waals surface area contributed by atoms with Crippen molar-refractivity contribution in [1.29, 1.82) is 0 Å². The number of halogens is 2. The molecule has 1 atom stereocenters. The lowest BCUT2D eigenvalue weighted by Gasteiger charge is -2.17. The number of aromatic nitrogens is 2. The smallest absolute Gasteiger partial charge is 0.312 e. The van der Waals surface area contributed by atoms with Crippen LogP contribution in [0, 0.1) is 5.92 Å². The number of pyridine rings is 1. The maximum Gasteiger partial charge on any atom is 0.312 e. The first-order valence-electron chi connectivity index (χ1n) is 11.9. The fraction of sp³-hybridized carbons (Fsp3) is 0.250. The first kappa shape index (κ1) is 26.7. The predicted octanol–water partition coefficient (Wildman–Crippen LogP) is 6.30. The number of primary amides is 1. The maximum atomic E-state index is 13.1. The standard InChI is InChI=1S/C28H28BrClN4O3/c1-17(2)37-26-10-9-21(14-23(26)30)25(35)13-19(15-32-28(31)36)12-18-5-7-20(8-6-18)24-16-34-11-3-4-22(29)27(34)33-24/h3-11,14,16-17,19H,12-13,15H2,1-2H3,(H3,31,32,36)/t19-/m1/s1. The summed E-state index contributed by atoms with van der Waals surface area (Å²) in [6.45, 7) is 4.11. The summed E-state index contributed by atoms with van der Waals surface area (Å²) in [4.78, 5) is 29.1. The Balaban J connectivity index is 1.48. The number of hydrogen-bond acceptors (Lipinski definition) is 4. The van der Waals surface area contributed by atoms with E-state index in [2.05, 4.69) is 21.2 Å². The van der Waals surface area contributed by atoms with Crippen molar-refractivity contribution in [2.45, 2.75) is 32.8 Å². The molecule has 37 heavy (non-hydrogen) atoms. The topological polar surface area (TPSA) is 98.7 Å². The molecule has 2 aromatic heterocycles. The van der Waals surface area contributed by atoms with E-state index in [-0.39, 0.29) is 30.8 Å². The molecule has 2 aromatic carbocycles. The molecular formula is C28H28BrClN4O3. The third-order valence-corrected chi connectivity index (χ3v) is 6.78. The van der Waals surface area contributed by atoms with Crippen LogP contribution in [-0.2, 0) is 6.42 Å². The Morgan fingerprint density at radius 3 is 2.57 bits per heavy atom. The van der Waals surface area contributed by atoms with Crippen molar-refractivity contribution in [3.63, 3.8) is 0 Å². The zero-order valence-corrected chi connectivity index (χ0v) is 22.9. The van der Waals surface area contributed by atoms with Gasteiger partial charge in [0.2, 0.25) is 0 Å². The van der Waals surface area contributed by atoms with Gasteiger partial charge in [0, 0.05) is 36.5 Å². The van der Waals surface area contributed by atoms with E-state index >= 15 is 0 Å². The average Bonchev–Trinajstić information content (AvgIpc) is 3.30. The first-order chi connectivity index (χ1) is 17.7. The Morgan fingerprint density at radius 1 is 1.16 bits per heavy atom. The second-order valence-corrected chi connectivity index (χ2v) is 10.4. The van der Waals surface area contributed by atoms with Gasteiger partial charge in [-0.25, -0.2) is 9.78 Å². The van der Waals surface area contributed by atoms with Crippen LogP contribution < -0.4 is 15.8 Å². The number of Topliss-reactive ketones (excluding diaryl/α,β-unsaturated/α-hetero) is 1. The number of imidazole rings is 1. The number of rotatable bonds is 10. The highest BCUT2D eigenvalue weighted by Crippen LogP contribution is 2.28. The highest BCUT2D eigenvalue weighted by atomic mass is 79.9. The minimum Gasteiger partial charge on any atom is -0.489 e. The van der Waals surface area contributed by atoms with Gasteiger partial charge in [0.25, 0.3) is 0 Å². The van der Waals surface area contributed by atoms with E-state index in [1.165, 1.54) is 0 Å². The third kappa shape index (κ3) is 6.90. The molecule has 0 saturated heterocycles. The number of carbonyl (C=O) groups excluding carboxylic acids is 2. The molecule has 3 N–H and O–H groups in total. The molecule has 0 unspecified atom stereocenters. The van der Waals surface area contributed by atoms with Gasteiger partial charge >= 0.3 is 6.03 Å². The molecule has 4 aromatic rings. The maximum absolute atomic E-state index is 13.1. The lowest BCUT2D eigenvalue weighted by molar-refractivity contribution is 0.0960. The van der Waals surface area contributed by atoms with Gasteiger partial charge in [-0.2, -0.15) is 0 Å². The number of nitrogens with zero attached hydrogens (tertiary/aromatic N) is 2. The van der Waals surface area contributed by atoms with E-state index in [0.29, 0.717) is 22.8 Å². The number of ether oxygens (including phenoxy) is 1. The monoisotopic (exact) mass is 582 g/mol. The van der Waals surface area contributed by atoms with E-state index in [0.717, 1.165) is 26.9 Å². The summed E-state index contributed by atoms with van der Waals surface area (Å²) < 4.78 is 8.55. The number of nitrogens with one attached hydrogen (secondary N) is 1. The van der Waals surface area contributed by atoms with Gasteiger partial charge in [-0.3, -0.25) is 4.79 Å². The zero-order chi connectivity index (χ0) is 26.5. The Kier molecular flexibility index (Phi) is 8.51. The van der Waals surface area contributed by atoms with Crippen LogP contribution in [0.25, 0.3) is 16.9 Å². The van der Waals surface area contributed by atoms with Crippen LogP contribution in [0.4, 0.5) is 4.79 Å². The Hall–Kier alpha value is -3.36. The Labute approximate surface area is 229 Å². The number of hydrogen-bond donors (Lipinski definition) is 2. The molecule has 0 spiro atoms. The van der Waals surface area contributed by atoms with Crippen molar-refractivity contribution in [3.05, 3.63) is 87.6 Å². The number of fused-ring (bicyclic) bond motifs is 1. The van der Waals surface area contributed by atoms with Crippen LogP contribution in [-0.4, -0.2) is 33.8 Å². The van der Waals surface area contributed by atoms with Gasteiger partial charge in [0.1, 0.15) is 5.75 Å². The molecule has 0 aliphatic rings. The molecule has 7 nitrogen and oxygen atoms in total. The van der Waals surface area contributed by atoms with Gasteiger partial charge in [-0.1, -0.05) is 35.9 Å². The quantitative estimate of drug-likeness (QED) is 0.214. The lowest BCUT2D eigenvalue weighted by atomic mass is 9.91. The summed E-state index contributed by atoms with van der Waals surface area (Å²) in [6, 6.07) is 16.4. The summed E-state index contributed by atoms with van der Waals surface area (Å²) >= 11 is 9.86. The van der Waals surface area contributed by atoms with Crippen molar-refractivity contribution in [2.24, 2.45) is 11.7 Å². The number of amides is 2. The molecule has 2 amide bonds. The number of benzene rings is 2. The molecule has 0 fully saturated rings. The van der Waals surface area contributed by atoms with Gasteiger partial charge < -0.3 is 20.2 Å². The SMILES string of the molecule is CC(C)Oc1ccc(C(=O)C[C@H](CNC(N)=O)Cc2ccc(-c3cn4cccc(Br)c4n3)cc2)cc1Cl. The van der Waals surface area contributed by atoms with Crippen LogP contribution in [0.3, 0.4) is 0 Å². The highest BCUT2D eigenvalue weighted by molar-refractivity contribution is 9.10. The van der Waals surface area contributed by atoms with Gasteiger partial charge in [0.15, 0.2) is 11.4 Å². The van der Waals surface area contributed by atoms with E-state index in [9.17, 15) is 9.59 Å². The minimum atomic E-state index is -0.621. The number of urea groups is 1. The summed E-state index contributed by atoms with van der Waals surface area (Å²) in [5.74, 6) is 0.321. The largest absolute Gasteiger partial charge is 0.489 e. The molecule has 192 valence electrons. The number of nitrogens with two attached hydrogens (primary N) is 1. The molecular weight excluding hydrogens is 556 g/mol. The molecule has 4 rings (SSSR count). The summed E-state index contributed by atoms with van der Waals surface area (Å²) in [7, 11) is 0. The number of ketones is 1. The van der Waals surface area contributed by atoms with E-state index in [1.54, 1.807) is 18.2 Å². The lowest BCUT2D eigenvalue weighted by Crippen LogP contribution is -2.35. The van der Waals surface area contributed by atoms with E-state index in [4.69, 9.17) is 27.1 Å². The molecule has 0 aliphatic heterocycles. The molecule has 0 bridgehead atoms. The Bertz CT molecular complexity index is 1420. The van der Waals surface area contributed by atoms with Crippen LogP contribution in [0.1, 0.15) is 36.2 Å². The van der Waals surface area contributed by atoms with Gasteiger partial charge in [-0.05, 0) is 78.0 Å². The summed E-state index contributed by atoms with van der Waals surface area (Å²) in [5, 5.41) is 3.04. The van der Waals surface area contributed by atoms with E-state index in [1.807, 2.05) is 67.0 Å². The third-order valence-electron chi connectivity index (χ3n) is 5.86. The summed E-state index contributed by atoms with van der Waals surface area (Å²) in [6.07, 6.45) is 4.73. The molecule has 0 aliphatic carbocycles. The van der Waals surface area contributed by atoms with Gasteiger partial charge in [0.05, 0.1) is 21.3 Å². The normalized spacial score (nSPS) is 12.0. The van der Waals surface area contributed by atoms with Crippen molar-refractivity contribution in [2.75, 3.05) is 6.54 Å². The fourth-order valence-electron chi connectivity index (χ4n) is 4.13. The van der Waals surface area contributed by atoms with Crippen molar-refractivity contribution >= 4 is 45.0 Å². The van der Waals surface area contributed by atoms with E-state index < -0.39 is 6.03 Å². The first-order valence-corrected chi connectivity index (χ1v) is 13.1. The van der Waals surface area contributed by atoms with Crippen LogP contribution >= 0.6 is 27.5 Å². The second kappa shape index (κ2) is 11.8. The minimum absolute atomic E-state index is 0.0238. The Morgan fingerprint density at radius 2 is 1.92 bits per heavy atom. The highest BCUT2D eigenvalue weighted by Gasteiger charge is 2.18.